The summed E-state index contributed by atoms with van der Waals surface area (Å²) in [6.07, 6.45) is 1.63. The van der Waals surface area contributed by atoms with E-state index in [2.05, 4.69) is 4.74 Å². The van der Waals surface area contributed by atoms with E-state index in [9.17, 15) is 9.59 Å². The van der Waals surface area contributed by atoms with Gasteiger partial charge in [0, 0.05) is 11.1 Å². The summed E-state index contributed by atoms with van der Waals surface area (Å²) in [5.41, 5.74) is 2.58. The molecule has 0 fully saturated rings. The Bertz CT molecular complexity index is 1150. The van der Waals surface area contributed by atoms with Gasteiger partial charge < -0.3 is 14.2 Å². The Morgan fingerprint density at radius 1 is 1.07 bits per heavy atom. The van der Waals surface area contributed by atoms with E-state index in [0.29, 0.717) is 34.3 Å². The fourth-order valence-corrected chi connectivity index (χ4v) is 3.25. The first-order valence-electron chi connectivity index (χ1n) is 9.17. The maximum absolute atomic E-state index is 12.6. The van der Waals surface area contributed by atoms with E-state index in [-0.39, 0.29) is 11.5 Å². The van der Waals surface area contributed by atoms with Crippen molar-refractivity contribution in [1.82, 2.24) is 0 Å². The van der Waals surface area contributed by atoms with Crippen molar-refractivity contribution in [2.24, 2.45) is 0 Å². The summed E-state index contributed by atoms with van der Waals surface area (Å²) in [4.78, 5) is 24.2. The number of benzene rings is 3. The first-order valence-corrected chi connectivity index (χ1v) is 9.55. The molecule has 5 nitrogen and oxygen atoms in total. The highest BCUT2D eigenvalue weighted by atomic mass is 35.5. The van der Waals surface area contributed by atoms with Gasteiger partial charge in [-0.3, -0.25) is 4.79 Å². The molecule has 30 heavy (non-hydrogen) atoms. The third-order valence-electron chi connectivity index (χ3n) is 4.57. The molecule has 1 aliphatic heterocycles. The molecule has 3 aromatic carbocycles. The number of ether oxygens (including phenoxy) is 3. The zero-order chi connectivity index (χ0) is 21.1. The van der Waals surface area contributed by atoms with Crippen LogP contribution in [0.5, 0.6) is 11.5 Å². The summed E-state index contributed by atoms with van der Waals surface area (Å²) in [6, 6.07) is 19.2. The first-order chi connectivity index (χ1) is 14.5. The molecule has 0 aliphatic carbocycles. The second kappa shape index (κ2) is 8.43. The molecule has 0 amide bonds. The average molecular weight is 421 g/mol. The zero-order valence-electron chi connectivity index (χ0n) is 16.1. The molecule has 1 aliphatic rings. The van der Waals surface area contributed by atoms with Crippen LogP contribution in [0.2, 0.25) is 5.02 Å². The van der Waals surface area contributed by atoms with Crippen LogP contribution in [-0.2, 0) is 11.3 Å². The summed E-state index contributed by atoms with van der Waals surface area (Å²) in [5, 5.41) is 0.647. The number of halogens is 1. The number of ketones is 1. The van der Waals surface area contributed by atoms with E-state index in [1.54, 1.807) is 54.6 Å². The van der Waals surface area contributed by atoms with E-state index in [4.69, 9.17) is 21.1 Å². The number of allylic oxidation sites excluding steroid dienone is 1. The van der Waals surface area contributed by atoms with Gasteiger partial charge in [-0.25, -0.2) is 4.79 Å². The fraction of sp³-hybridized carbons (Fsp3) is 0.0833. The largest absolute Gasteiger partial charge is 0.489 e. The SMILES string of the molecule is COC(=O)c1ccc(/C=C2\Oc3cc(OCc4cccc(Cl)c4)ccc3C2=O)cc1. The van der Waals surface area contributed by atoms with Crippen molar-refractivity contribution >= 4 is 29.4 Å². The van der Waals surface area contributed by atoms with E-state index >= 15 is 0 Å². The minimum Gasteiger partial charge on any atom is -0.489 e. The lowest BCUT2D eigenvalue weighted by Crippen LogP contribution is -2.01. The monoisotopic (exact) mass is 420 g/mol. The van der Waals surface area contributed by atoms with Crippen molar-refractivity contribution in [3.63, 3.8) is 0 Å². The van der Waals surface area contributed by atoms with Crippen LogP contribution in [0.1, 0.15) is 31.8 Å². The Labute approximate surface area is 178 Å². The molecule has 6 heteroatoms. The zero-order valence-corrected chi connectivity index (χ0v) is 16.8. The van der Waals surface area contributed by atoms with Crippen LogP contribution in [0.4, 0.5) is 0 Å². The Hall–Kier alpha value is -3.57. The van der Waals surface area contributed by atoms with E-state index in [1.165, 1.54) is 7.11 Å². The molecule has 0 N–H and O–H groups in total. The Kier molecular flexibility index (Phi) is 5.55. The van der Waals surface area contributed by atoms with Crippen LogP contribution < -0.4 is 9.47 Å². The maximum atomic E-state index is 12.6. The number of carbonyl (C=O) groups is 2. The number of hydrogen-bond acceptors (Lipinski definition) is 5. The second-order valence-corrected chi connectivity index (χ2v) is 7.07. The molecular formula is C24H17ClO5. The van der Waals surface area contributed by atoms with Gasteiger partial charge in [-0.1, -0.05) is 35.9 Å². The van der Waals surface area contributed by atoms with Gasteiger partial charge in [0.25, 0.3) is 0 Å². The van der Waals surface area contributed by atoms with Gasteiger partial charge in [-0.15, -0.1) is 0 Å². The van der Waals surface area contributed by atoms with Crippen molar-refractivity contribution in [1.29, 1.82) is 0 Å². The lowest BCUT2D eigenvalue weighted by atomic mass is 10.1. The van der Waals surface area contributed by atoms with Crippen LogP contribution in [0, 0.1) is 0 Å². The van der Waals surface area contributed by atoms with Gasteiger partial charge >= 0.3 is 5.97 Å². The quantitative estimate of drug-likeness (QED) is 0.413. The van der Waals surface area contributed by atoms with E-state index in [0.717, 1.165) is 11.1 Å². The lowest BCUT2D eigenvalue weighted by Gasteiger charge is -2.07. The highest BCUT2D eigenvalue weighted by Crippen LogP contribution is 2.35. The Morgan fingerprint density at radius 2 is 1.87 bits per heavy atom. The molecule has 0 aromatic heterocycles. The van der Waals surface area contributed by atoms with Crippen LogP contribution in [0.25, 0.3) is 6.08 Å². The van der Waals surface area contributed by atoms with Crippen molar-refractivity contribution in [3.8, 4) is 11.5 Å². The van der Waals surface area contributed by atoms with Gasteiger partial charge in [0.15, 0.2) is 5.76 Å². The average Bonchev–Trinajstić information content (AvgIpc) is 3.07. The molecule has 0 saturated carbocycles. The molecular weight excluding hydrogens is 404 g/mol. The highest BCUT2D eigenvalue weighted by Gasteiger charge is 2.27. The summed E-state index contributed by atoms with van der Waals surface area (Å²) in [7, 11) is 1.33. The smallest absolute Gasteiger partial charge is 0.337 e. The van der Waals surface area contributed by atoms with Gasteiger partial charge in [-0.05, 0) is 53.6 Å². The topological polar surface area (TPSA) is 61.8 Å². The molecule has 0 spiro atoms. The standard InChI is InChI=1S/C24H17ClO5/c1-28-24(27)17-7-5-15(6-8-17)12-22-23(26)20-10-9-19(13-21(20)30-22)29-14-16-3-2-4-18(25)11-16/h2-13H,14H2,1H3/b22-12-. The normalized spacial score (nSPS) is 13.7. The van der Waals surface area contributed by atoms with Crippen LogP contribution >= 0.6 is 11.6 Å². The van der Waals surface area contributed by atoms with Crippen LogP contribution in [0.15, 0.2) is 72.5 Å². The van der Waals surface area contributed by atoms with Crippen molar-refractivity contribution < 1.29 is 23.8 Å². The van der Waals surface area contributed by atoms with Gasteiger partial charge in [0.05, 0.1) is 18.2 Å². The maximum Gasteiger partial charge on any atom is 0.337 e. The Balaban J connectivity index is 1.48. The number of fused-ring (bicyclic) bond motifs is 1. The van der Waals surface area contributed by atoms with Gasteiger partial charge in [-0.2, -0.15) is 0 Å². The highest BCUT2D eigenvalue weighted by molar-refractivity contribution is 6.30. The van der Waals surface area contributed by atoms with Gasteiger partial charge in [0.2, 0.25) is 5.78 Å². The number of carbonyl (C=O) groups excluding carboxylic acids is 2. The van der Waals surface area contributed by atoms with E-state index in [1.807, 2.05) is 18.2 Å². The number of rotatable bonds is 5. The molecule has 0 atom stereocenters. The summed E-state index contributed by atoms with van der Waals surface area (Å²) >= 11 is 5.99. The van der Waals surface area contributed by atoms with Crippen LogP contribution in [0.3, 0.4) is 0 Å². The molecule has 0 radical (unpaired) electrons. The van der Waals surface area contributed by atoms with Crippen molar-refractivity contribution in [2.45, 2.75) is 6.61 Å². The summed E-state index contributed by atoms with van der Waals surface area (Å²) in [5.74, 6) is 0.623. The molecule has 150 valence electrons. The third-order valence-corrected chi connectivity index (χ3v) is 4.80. The minimum atomic E-state index is -0.417. The lowest BCUT2D eigenvalue weighted by molar-refractivity contribution is 0.0600. The van der Waals surface area contributed by atoms with Crippen molar-refractivity contribution in [2.75, 3.05) is 7.11 Å². The van der Waals surface area contributed by atoms with E-state index < -0.39 is 5.97 Å². The summed E-state index contributed by atoms with van der Waals surface area (Å²) < 4.78 is 16.2. The number of esters is 1. The fourth-order valence-electron chi connectivity index (χ4n) is 3.04. The number of hydrogen-bond donors (Lipinski definition) is 0. The Morgan fingerprint density at radius 3 is 2.60 bits per heavy atom. The van der Waals surface area contributed by atoms with Crippen LogP contribution in [-0.4, -0.2) is 18.9 Å². The molecule has 3 aromatic rings. The molecule has 0 bridgehead atoms. The predicted molar refractivity (Wildman–Crippen MR) is 113 cm³/mol. The number of methoxy groups -OCH3 is 1. The minimum absolute atomic E-state index is 0.205. The number of Topliss-reactive ketones (excluding diaryl/α,β-unsaturated/α-hetero) is 1. The molecule has 1 heterocycles. The first kappa shape index (κ1) is 19.7. The molecule has 0 saturated heterocycles. The summed E-state index contributed by atoms with van der Waals surface area (Å²) in [6.45, 7) is 0.350. The predicted octanol–water partition coefficient (Wildman–Crippen LogP) is 5.32. The molecule has 0 unspecified atom stereocenters. The third kappa shape index (κ3) is 4.21. The van der Waals surface area contributed by atoms with Crippen molar-refractivity contribution in [3.05, 3.63) is 99.8 Å². The van der Waals surface area contributed by atoms with Gasteiger partial charge in [0.1, 0.15) is 18.1 Å². The second-order valence-electron chi connectivity index (χ2n) is 6.63. The molecule has 4 rings (SSSR count).